The van der Waals surface area contributed by atoms with Gasteiger partial charge in [-0.3, -0.25) is 9.59 Å². The van der Waals surface area contributed by atoms with Crippen molar-refractivity contribution in [3.63, 3.8) is 0 Å². The van der Waals surface area contributed by atoms with E-state index in [-0.39, 0.29) is 18.5 Å². The van der Waals surface area contributed by atoms with Crippen LogP contribution in [0.2, 0.25) is 0 Å². The van der Waals surface area contributed by atoms with Crippen molar-refractivity contribution in [2.24, 2.45) is 0 Å². The molecule has 0 aromatic heterocycles. The molecule has 2 unspecified atom stereocenters. The number of carbonyl (C=O) groups is 2. The van der Waals surface area contributed by atoms with Crippen LogP contribution in [0.5, 0.6) is 0 Å². The molecule has 6 heteroatoms. The standard InChI is InChI=1S/C71H139NO5/c1-3-5-7-9-11-13-15-16-17-18-36-39-42-45-49-53-57-61-65-71(76)77-66-62-58-54-50-46-43-40-37-34-32-30-28-26-24-22-20-19-21-23-25-27-29-31-33-35-38-41-44-48-52-56-60-64-70(75)72-68(67-73)69(74)63-59-55-51-47-14-12-10-8-6-4-2/h22,24,68-69,73-74H,3-21,23,25-67H2,1-2H3,(H,72,75)/b24-22-. The van der Waals surface area contributed by atoms with Gasteiger partial charge in [0, 0.05) is 12.8 Å². The van der Waals surface area contributed by atoms with E-state index < -0.39 is 12.1 Å². The largest absolute Gasteiger partial charge is 0.466 e. The Kier molecular flexibility index (Phi) is 65.9. The lowest BCUT2D eigenvalue weighted by Crippen LogP contribution is -2.45. The van der Waals surface area contributed by atoms with Gasteiger partial charge in [0.15, 0.2) is 0 Å². The molecule has 2 atom stereocenters. The lowest BCUT2D eigenvalue weighted by molar-refractivity contribution is -0.143. The van der Waals surface area contributed by atoms with E-state index in [1.54, 1.807) is 0 Å². The molecule has 0 bridgehead atoms. The molecular formula is C71H139NO5. The molecule has 0 heterocycles. The van der Waals surface area contributed by atoms with Crippen LogP contribution in [0.3, 0.4) is 0 Å². The number of esters is 1. The summed E-state index contributed by atoms with van der Waals surface area (Å²) in [6.07, 6.45) is 82.8. The summed E-state index contributed by atoms with van der Waals surface area (Å²) >= 11 is 0. The molecule has 0 aromatic carbocycles. The van der Waals surface area contributed by atoms with Crippen molar-refractivity contribution in [2.75, 3.05) is 13.2 Å². The first-order valence-corrected chi connectivity index (χ1v) is 35.4. The first-order valence-electron chi connectivity index (χ1n) is 35.4. The number of ether oxygens (including phenoxy) is 1. The number of rotatable bonds is 67. The van der Waals surface area contributed by atoms with Gasteiger partial charge in [-0.2, -0.15) is 0 Å². The lowest BCUT2D eigenvalue weighted by atomic mass is 10.0. The van der Waals surface area contributed by atoms with Gasteiger partial charge in [0.1, 0.15) is 0 Å². The Bertz CT molecular complexity index is 1160. The normalized spacial score (nSPS) is 12.5. The second-order valence-electron chi connectivity index (χ2n) is 24.6. The van der Waals surface area contributed by atoms with Crippen LogP contribution in [-0.4, -0.2) is 47.4 Å². The van der Waals surface area contributed by atoms with Crippen molar-refractivity contribution < 1.29 is 24.5 Å². The Balaban J connectivity index is 3.30. The fraction of sp³-hybridized carbons (Fsp3) is 0.944. The Morgan fingerprint density at radius 2 is 0.610 bits per heavy atom. The number of hydrogen-bond donors (Lipinski definition) is 3. The molecule has 0 fully saturated rings. The van der Waals surface area contributed by atoms with E-state index >= 15 is 0 Å². The third-order valence-corrected chi connectivity index (χ3v) is 16.8. The lowest BCUT2D eigenvalue weighted by Gasteiger charge is -2.22. The quantitative estimate of drug-likeness (QED) is 0.0320. The summed E-state index contributed by atoms with van der Waals surface area (Å²) < 4.78 is 5.51. The van der Waals surface area contributed by atoms with Gasteiger partial charge in [0.25, 0.3) is 0 Å². The zero-order chi connectivity index (χ0) is 55.7. The summed E-state index contributed by atoms with van der Waals surface area (Å²) in [6.45, 7) is 4.98. The number of nitrogens with one attached hydrogen (secondary N) is 1. The highest BCUT2D eigenvalue weighted by Gasteiger charge is 2.20. The van der Waals surface area contributed by atoms with Crippen molar-refractivity contribution in [3.8, 4) is 0 Å². The Hall–Kier alpha value is -1.40. The molecule has 6 nitrogen and oxygen atoms in total. The molecule has 0 aliphatic carbocycles. The van der Waals surface area contributed by atoms with Crippen molar-refractivity contribution in [1.29, 1.82) is 0 Å². The molecule has 458 valence electrons. The average molecular weight is 1090 g/mol. The van der Waals surface area contributed by atoms with Crippen LogP contribution in [0.4, 0.5) is 0 Å². The van der Waals surface area contributed by atoms with E-state index in [1.807, 2.05) is 0 Å². The van der Waals surface area contributed by atoms with Crippen molar-refractivity contribution in [2.45, 2.75) is 418 Å². The van der Waals surface area contributed by atoms with E-state index in [0.717, 1.165) is 38.5 Å². The second kappa shape index (κ2) is 67.1. The Morgan fingerprint density at radius 3 is 0.922 bits per heavy atom. The van der Waals surface area contributed by atoms with Crippen LogP contribution in [0.1, 0.15) is 406 Å². The Labute approximate surface area is 482 Å². The minimum atomic E-state index is -0.660. The number of hydrogen-bond acceptors (Lipinski definition) is 5. The zero-order valence-electron chi connectivity index (χ0n) is 52.5. The maximum absolute atomic E-state index is 12.4. The van der Waals surface area contributed by atoms with Crippen LogP contribution in [-0.2, 0) is 14.3 Å². The molecule has 0 spiro atoms. The monoisotopic (exact) mass is 1090 g/mol. The summed E-state index contributed by atoms with van der Waals surface area (Å²) in [5.74, 6) is -0.00840. The van der Waals surface area contributed by atoms with Crippen molar-refractivity contribution >= 4 is 11.9 Å². The van der Waals surface area contributed by atoms with Crippen molar-refractivity contribution in [3.05, 3.63) is 12.2 Å². The van der Waals surface area contributed by atoms with Gasteiger partial charge in [-0.25, -0.2) is 0 Å². The highest BCUT2D eigenvalue weighted by atomic mass is 16.5. The van der Waals surface area contributed by atoms with E-state index in [2.05, 4.69) is 31.3 Å². The number of allylic oxidation sites excluding steroid dienone is 2. The topological polar surface area (TPSA) is 95.9 Å². The molecule has 0 aromatic rings. The SMILES string of the molecule is CCCCCCCCCCCCCCCCCCCCC(=O)OCCCCCCCCCCCCCC/C=C\CCCCCCCCCCCCCCCCCCC(=O)NC(CO)C(O)CCCCCCCCCCCC. The number of amides is 1. The zero-order valence-corrected chi connectivity index (χ0v) is 52.5. The molecule has 0 saturated carbocycles. The molecule has 0 aliphatic rings. The molecular weight excluding hydrogens is 947 g/mol. The first kappa shape index (κ1) is 75.6. The van der Waals surface area contributed by atoms with Crippen LogP contribution < -0.4 is 5.32 Å². The fourth-order valence-electron chi connectivity index (χ4n) is 11.4. The maximum atomic E-state index is 12.4. The average Bonchev–Trinajstić information content (AvgIpc) is 3.43. The predicted molar refractivity (Wildman–Crippen MR) is 338 cm³/mol. The fourth-order valence-corrected chi connectivity index (χ4v) is 11.4. The van der Waals surface area contributed by atoms with E-state index in [9.17, 15) is 19.8 Å². The molecule has 0 radical (unpaired) electrons. The third-order valence-electron chi connectivity index (χ3n) is 16.8. The summed E-state index contributed by atoms with van der Waals surface area (Å²) in [5.41, 5.74) is 0. The highest BCUT2D eigenvalue weighted by Crippen LogP contribution is 2.19. The van der Waals surface area contributed by atoms with Gasteiger partial charge in [-0.05, 0) is 51.4 Å². The van der Waals surface area contributed by atoms with Crippen molar-refractivity contribution in [1.82, 2.24) is 5.32 Å². The van der Waals surface area contributed by atoms with Crippen LogP contribution in [0.15, 0.2) is 12.2 Å². The van der Waals surface area contributed by atoms with Gasteiger partial charge in [0.05, 0.1) is 25.4 Å². The van der Waals surface area contributed by atoms with Crippen LogP contribution in [0, 0.1) is 0 Å². The van der Waals surface area contributed by atoms with Gasteiger partial charge in [0.2, 0.25) is 5.91 Å². The van der Waals surface area contributed by atoms with Gasteiger partial charge >= 0.3 is 5.97 Å². The number of aliphatic hydroxyl groups excluding tert-OH is 2. The summed E-state index contributed by atoms with van der Waals surface area (Å²) in [6, 6.07) is -0.537. The number of carbonyl (C=O) groups excluding carboxylic acids is 2. The third kappa shape index (κ3) is 63.6. The van der Waals surface area contributed by atoms with E-state index in [4.69, 9.17) is 4.74 Å². The Morgan fingerprint density at radius 1 is 0.351 bits per heavy atom. The first-order chi connectivity index (χ1) is 38.0. The van der Waals surface area contributed by atoms with Gasteiger partial charge < -0.3 is 20.3 Å². The molecule has 0 rings (SSSR count). The minimum Gasteiger partial charge on any atom is -0.466 e. The molecule has 3 N–H and O–H groups in total. The predicted octanol–water partition coefficient (Wildman–Crippen LogP) is 22.8. The van der Waals surface area contributed by atoms with Crippen LogP contribution in [0.25, 0.3) is 0 Å². The van der Waals surface area contributed by atoms with Crippen LogP contribution >= 0.6 is 0 Å². The second-order valence-corrected chi connectivity index (χ2v) is 24.6. The molecule has 0 aliphatic heterocycles. The highest BCUT2D eigenvalue weighted by molar-refractivity contribution is 5.76. The maximum Gasteiger partial charge on any atom is 0.305 e. The number of aliphatic hydroxyl groups is 2. The summed E-state index contributed by atoms with van der Waals surface area (Å²) in [5, 5.41) is 23.2. The molecule has 77 heavy (non-hydrogen) atoms. The van der Waals surface area contributed by atoms with E-state index in [1.165, 1.54) is 334 Å². The summed E-state index contributed by atoms with van der Waals surface area (Å²) in [4.78, 5) is 24.6. The number of unbranched alkanes of at least 4 members (excludes halogenated alkanes) is 54. The van der Waals surface area contributed by atoms with E-state index in [0.29, 0.717) is 25.9 Å². The minimum absolute atomic E-state index is 0.0234. The molecule has 1 amide bonds. The van der Waals surface area contributed by atoms with Gasteiger partial charge in [-0.15, -0.1) is 0 Å². The smallest absolute Gasteiger partial charge is 0.305 e. The summed E-state index contributed by atoms with van der Waals surface area (Å²) in [7, 11) is 0. The molecule has 0 saturated heterocycles. The van der Waals surface area contributed by atoms with Gasteiger partial charge in [-0.1, -0.05) is 353 Å².